The average molecular weight is 206 g/mol. The molecule has 15 heavy (non-hydrogen) atoms. The second-order valence-electron chi connectivity index (χ2n) is 5.58. The summed E-state index contributed by atoms with van der Waals surface area (Å²) in [6.45, 7) is 9.25. The van der Waals surface area contributed by atoms with Gasteiger partial charge in [-0.05, 0) is 48.7 Å². The van der Waals surface area contributed by atoms with Gasteiger partial charge in [-0.25, -0.2) is 0 Å². The third-order valence-electron chi connectivity index (χ3n) is 3.00. The molecule has 0 fully saturated rings. The average Bonchev–Trinajstić information content (AvgIpc) is 2.51. The lowest BCUT2D eigenvalue weighted by atomic mass is 9.94. The predicted octanol–water partition coefficient (Wildman–Crippen LogP) is 5.12. The summed E-state index contributed by atoms with van der Waals surface area (Å²) >= 11 is 0. The Bertz CT molecular complexity index is 241. The first-order chi connectivity index (χ1) is 7.09. The van der Waals surface area contributed by atoms with Crippen LogP contribution in [0.5, 0.6) is 0 Å². The smallest absolute Gasteiger partial charge is 0.0157 e. The Labute approximate surface area is 95.5 Å². The van der Waals surface area contributed by atoms with E-state index in [1.165, 1.54) is 32.1 Å². The Morgan fingerprint density at radius 3 is 2.27 bits per heavy atom. The van der Waals surface area contributed by atoms with E-state index in [-0.39, 0.29) is 0 Å². The molecule has 0 aromatic rings. The van der Waals surface area contributed by atoms with Crippen LogP contribution in [0.15, 0.2) is 23.3 Å². The van der Waals surface area contributed by atoms with Crippen molar-refractivity contribution in [1.82, 2.24) is 0 Å². The molecule has 0 bridgehead atoms. The number of hydrogen-bond donors (Lipinski definition) is 0. The fraction of sp³-hybridized carbons (Fsp3) is 0.733. The molecule has 0 N–H and O–H groups in total. The van der Waals surface area contributed by atoms with E-state index >= 15 is 0 Å². The summed E-state index contributed by atoms with van der Waals surface area (Å²) in [5, 5.41) is 0. The molecule has 1 aliphatic rings. The lowest BCUT2D eigenvalue weighted by Gasteiger charge is -2.12. The Balaban J connectivity index is 2.32. The molecular weight excluding hydrogens is 180 g/mol. The summed E-state index contributed by atoms with van der Waals surface area (Å²) in [6, 6.07) is 0. The van der Waals surface area contributed by atoms with Gasteiger partial charge in [-0.2, -0.15) is 0 Å². The second kappa shape index (κ2) is 6.15. The van der Waals surface area contributed by atoms with Crippen molar-refractivity contribution in [2.75, 3.05) is 0 Å². The fourth-order valence-electron chi connectivity index (χ4n) is 2.22. The quantitative estimate of drug-likeness (QED) is 0.566. The van der Waals surface area contributed by atoms with E-state index in [1.54, 1.807) is 11.1 Å². The van der Waals surface area contributed by atoms with Crippen LogP contribution in [0.4, 0.5) is 0 Å². The summed E-state index contributed by atoms with van der Waals surface area (Å²) in [5.74, 6) is 1.65. The molecule has 0 amide bonds. The van der Waals surface area contributed by atoms with Crippen molar-refractivity contribution >= 4 is 0 Å². The Kier molecular flexibility index (Phi) is 5.14. The van der Waals surface area contributed by atoms with E-state index in [4.69, 9.17) is 0 Å². The van der Waals surface area contributed by atoms with Crippen LogP contribution in [-0.2, 0) is 0 Å². The molecule has 0 saturated carbocycles. The zero-order valence-corrected chi connectivity index (χ0v) is 10.8. The fourth-order valence-corrected chi connectivity index (χ4v) is 2.22. The van der Waals surface area contributed by atoms with Crippen molar-refractivity contribution in [2.24, 2.45) is 11.8 Å². The second-order valence-corrected chi connectivity index (χ2v) is 5.58. The van der Waals surface area contributed by atoms with Gasteiger partial charge in [0, 0.05) is 0 Å². The topological polar surface area (TPSA) is 0 Å². The van der Waals surface area contributed by atoms with Crippen LogP contribution in [0.25, 0.3) is 0 Å². The van der Waals surface area contributed by atoms with Crippen LogP contribution in [-0.4, -0.2) is 0 Å². The van der Waals surface area contributed by atoms with Gasteiger partial charge in [0.05, 0.1) is 0 Å². The molecule has 0 saturated heterocycles. The molecule has 0 heteroatoms. The molecule has 86 valence electrons. The lowest BCUT2D eigenvalue weighted by molar-refractivity contribution is 0.553. The van der Waals surface area contributed by atoms with E-state index < -0.39 is 0 Å². The van der Waals surface area contributed by atoms with Gasteiger partial charge in [0.1, 0.15) is 0 Å². The number of rotatable bonds is 6. The highest BCUT2D eigenvalue weighted by Gasteiger charge is 2.11. The third kappa shape index (κ3) is 4.68. The van der Waals surface area contributed by atoms with E-state index in [0.717, 1.165) is 11.8 Å². The molecule has 0 heterocycles. The van der Waals surface area contributed by atoms with Crippen molar-refractivity contribution in [3.8, 4) is 0 Å². The molecule has 0 radical (unpaired) electrons. The van der Waals surface area contributed by atoms with Crippen molar-refractivity contribution < 1.29 is 0 Å². The maximum absolute atomic E-state index is 2.43. The standard InChI is InChI=1S/C15H26/c1-12(2)7-5-8-14-9-6-10-15(14)11-13(3)4/h9-10,12-13H,5-8,11H2,1-4H3. The van der Waals surface area contributed by atoms with E-state index in [1.807, 2.05) is 0 Å². The maximum atomic E-state index is 2.43. The van der Waals surface area contributed by atoms with Gasteiger partial charge in [-0.3, -0.25) is 0 Å². The summed E-state index contributed by atoms with van der Waals surface area (Å²) in [4.78, 5) is 0. The normalized spacial score (nSPS) is 16.1. The summed E-state index contributed by atoms with van der Waals surface area (Å²) < 4.78 is 0. The lowest BCUT2D eigenvalue weighted by Crippen LogP contribution is -1.95. The van der Waals surface area contributed by atoms with Gasteiger partial charge in [0.15, 0.2) is 0 Å². The van der Waals surface area contributed by atoms with Crippen LogP contribution < -0.4 is 0 Å². The zero-order chi connectivity index (χ0) is 11.3. The van der Waals surface area contributed by atoms with Gasteiger partial charge < -0.3 is 0 Å². The van der Waals surface area contributed by atoms with Crippen molar-refractivity contribution in [1.29, 1.82) is 0 Å². The Hall–Kier alpha value is -0.520. The van der Waals surface area contributed by atoms with Crippen molar-refractivity contribution in [2.45, 2.75) is 59.8 Å². The van der Waals surface area contributed by atoms with Gasteiger partial charge in [-0.15, -0.1) is 0 Å². The SMILES string of the molecule is CC(C)CCCC1=CCC=C1CC(C)C. The number of hydrogen-bond acceptors (Lipinski definition) is 0. The van der Waals surface area contributed by atoms with Crippen LogP contribution in [0.3, 0.4) is 0 Å². The predicted molar refractivity (Wildman–Crippen MR) is 68.9 cm³/mol. The van der Waals surface area contributed by atoms with Crippen LogP contribution in [0.2, 0.25) is 0 Å². The van der Waals surface area contributed by atoms with Gasteiger partial charge >= 0.3 is 0 Å². The molecule has 0 aromatic carbocycles. The summed E-state index contributed by atoms with van der Waals surface area (Å²) in [6.07, 6.45) is 11.3. The summed E-state index contributed by atoms with van der Waals surface area (Å²) in [5.41, 5.74) is 3.28. The largest absolute Gasteiger partial charge is 0.0772 e. The van der Waals surface area contributed by atoms with E-state index in [0.29, 0.717) is 0 Å². The third-order valence-corrected chi connectivity index (χ3v) is 3.00. The molecule has 0 atom stereocenters. The monoisotopic (exact) mass is 206 g/mol. The van der Waals surface area contributed by atoms with Crippen molar-refractivity contribution in [3.63, 3.8) is 0 Å². The minimum atomic E-state index is 0.794. The minimum absolute atomic E-state index is 0.794. The first-order valence-electron chi connectivity index (χ1n) is 6.48. The number of allylic oxidation sites excluding steroid dienone is 4. The maximum Gasteiger partial charge on any atom is -0.0157 e. The van der Waals surface area contributed by atoms with Gasteiger partial charge in [-0.1, -0.05) is 46.3 Å². The first-order valence-corrected chi connectivity index (χ1v) is 6.48. The highest BCUT2D eigenvalue weighted by atomic mass is 14.2. The minimum Gasteiger partial charge on any atom is -0.0772 e. The summed E-state index contributed by atoms with van der Waals surface area (Å²) in [7, 11) is 0. The molecule has 1 rings (SSSR count). The highest BCUT2D eigenvalue weighted by molar-refractivity contribution is 5.37. The Morgan fingerprint density at radius 1 is 1.00 bits per heavy atom. The van der Waals surface area contributed by atoms with E-state index in [2.05, 4.69) is 39.8 Å². The van der Waals surface area contributed by atoms with Crippen LogP contribution in [0, 0.1) is 11.8 Å². The first kappa shape index (κ1) is 12.5. The van der Waals surface area contributed by atoms with Crippen LogP contribution in [0.1, 0.15) is 59.8 Å². The molecule has 0 aromatic heterocycles. The molecule has 0 unspecified atom stereocenters. The van der Waals surface area contributed by atoms with Gasteiger partial charge in [0.25, 0.3) is 0 Å². The Morgan fingerprint density at radius 2 is 1.67 bits per heavy atom. The molecule has 1 aliphatic carbocycles. The van der Waals surface area contributed by atoms with E-state index in [9.17, 15) is 0 Å². The molecular formula is C15H26. The zero-order valence-electron chi connectivity index (χ0n) is 10.8. The molecule has 0 spiro atoms. The highest BCUT2D eigenvalue weighted by Crippen LogP contribution is 2.29. The van der Waals surface area contributed by atoms with Crippen molar-refractivity contribution in [3.05, 3.63) is 23.3 Å². The van der Waals surface area contributed by atoms with Gasteiger partial charge in [0.2, 0.25) is 0 Å². The molecule has 0 aliphatic heterocycles. The molecule has 0 nitrogen and oxygen atoms in total. The van der Waals surface area contributed by atoms with Crippen LogP contribution >= 0.6 is 0 Å².